The lowest BCUT2D eigenvalue weighted by Crippen LogP contribution is -2.23. The monoisotopic (exact) mass is 235 g/mol. The van der Waals surface area contributed by atoms with Gasteiger partial charge >= 0.3 is 0 Å². The highest BCUT2D eigenvalue weighted by atomic mass is 19.1. The van der Waals surface area contributed by atoms with Gasteiger partial charge in [0.2, 0.25) is 0 Å². The molecule has 0 aliphatic carbocycles. The van der Waals surface area contributed by atoms with Crippen molar-refractivity contribution in [2.45, 2.75) is 26.4 Å². The van der Waals surface area contributed by atoms with E-state index in [2.05, 4.69) is 20.4 Å². The molecular formula is C11H14FN5. The van der Waals surface area contributed by atoms with E-state index in [-0.39, 0.29) is 11.6 Å². The fourth-order valence-corrected chi connectivity index (χ4v) is 1.40. The van der Waals surface area contributed by atoms with Crippen molar-refractivity contribution in [3.63, 3.8) is 0 Å². The van der Waals surface area contributed by atoms with E-state index < -0.39 is 0 Å². The van der Waals surface area contributed by atoms with Gasteiger partial charge in [0.1, 0.15) is 12.7 Å². The van der Waals surface area contributed by atoms with Crippen LogP contribution in [0.25, 0.3) is 5.82 Å². The van der Waals surface area contributed by atoms with Crippen LogP contribution in [0, 0.1) is 5.82 Å². The molecule has 2 heterocycles. The predicted molar refractivity (Wildman–Crippen MR) is 61.1 cm³/mol. The number of halogens is 1. The summed E-state index contributed by atoms with van der Waals surface area (Å²) >= 11 is 0. The van der Waals surface area contributed by atoms with Gasteiger partial charge in [0.05, 0.1) is 0 Å². The van der Waals surface area contributed by atoms with Crippen molar-refractivity contribution in [3.05, 3.63) is 36.3 Å². The highest BCUT2D eigenvalue weighted by Gasteiger charge is 2.11. The maximum Gasteiger partial charge on any atom is 0.191 e. The molecule has 6 heteroatoms. The van der Waals surface area contributed by atoms with Gasteiger partial charge in [-0.25, -0.2) is 14.4 Å². The second-order valence-electron chi connectivity index (χ2n) is 3.98. The van der Waals surface area contributed by atoms with Crippen molar-refractivity contribution in [2.24, 2.45) is 0 Å². The maximum absolute atomic E-state index is 14.1. The summed E-state index contributed by atoms with van der Waals surface area (Å²) < 4.78 is 15.4. The van der Waals surface area contributed by atoms with Gasteiger partial charge in [0.15, 0.2) is 11.6 Å². The van der Waals surface area contributed by atoms with Gasteiger partial charge in [0, 0.05) is 24.3 Å². The SMILES string of the molecule is CC(C)NCc1ccnc(-n2cncn2)c1F. The molecule has 2 aromatic rings. The molecule has 90 valence electrons. The topological polar surface area (TPSA) is 55.6 Å². The van der Waals surface area contributed by atoms with Crippen molar-refractivity contribution in [3.8, 4) is 5.82 Å². The van der Waals surface area contributed by atoms with Crippen LogP contribution in [0.1, 0.15) is 19.4 Å². The van der Waals surface area contributed by atoms with Gasteiger partial charge in [-0.05, 0) is 6.07 Å². The van der Waals surface area contributed by atoms with Crippen LogP contribution in [-0.2, 0) is 6.54 Å². The average molecular weight is 235 g/mol. The summed E-state index contributed by atoms with van der Waals surface area (Å²) in [5.41, 5.74) is 0.569. The summed E-state index contributed by atoms with van der Waals surface area (Å²) in [6.45, 7) is 4.49. The molecule has 0 saturated carbocycles. The summed E-state index contributed by atoms with van der Waals surface area (Å²) in [7, 11) is 0. The number of nitrogens with one attached hydrogen (secondary N) is 1. The second-order valence-corrected chi connectivity index (χ2v) is 3.98. The van der Waals surface area contributed by atoms with Gasteiger partial charge in [-0.15, -0.1) is 0 Å². The Morgan fingerprint density at radius 2 is 2.29 bits per heavy atom. The van der Waals surface area contributed by atoms with Gasteiger partial charge in [-0.3, -0.25) is 0 Å². The van der Waals surface area contributed by atoms with Gasteiger partial charge in [0.25, 0.3) is 0 Å². The molecule has 0 spiro atoms. The molecule has 0 radical (unpaired) electrons. The maximum atomic E-state index is 14.1. The van der Waals surface area contributed by atoms with Crippen LogP contribution >= 0.6 is 0 Å². The van der Waals surface area contributed by atoms with E-state index in [4.69, 9.17) is 0 Å². The number of pyridine rings is 1. The first-order chi connectivity index (χ1) is 8.18. The Morgan fingerprint density at radius 1 is 1.47 bits per heavy atom. The normalized spacial score (nSPS) is 11.1. The quantitative estimate of drug-likeness (QED) is 0.867. The standard InChI is InChI=1S/C11H14FN5/c1-8(2)15-5-9-3-4-14-11(10(9)12)17-7-13-6-16-17/h3-4,6-8,15H,5H2,1-2H3. The zero-order chi connectivity index (χ0) is 12.3. The Hall–Kier alpha value is -1.82. The van der Waals surface area contributed by atoms with Crippen molar-refractivity contribution in [1.29, 1.82) is 0 Å². The first kappa shape index (κ1) is 11.7. The molecule has 1 N–H and O–H groups in total. The highest BCUT2D eigenvalue weighted by molar-refractivity contribution is 5.29. The Morgan fingerprint density at radius 3 is 2.94 bits per heavy atom. The van der Waals surface area contributed by atoms with Gasteiger partial charge < -0.3 is 5.32 Å². The number of rotatable bonds is 4. The Bertz CT molecular complexity index is 481. The van der Waals surface area contributed by atoms with Crippen LogP contribution in [0.2, 0.25) is 0 Å². The molecule has 0 amide bonds. The first-order valence-corrected chi connectivity index (χ1v) is 5.40. The number of hydrogen-bond acceptors (Lipinski definition) is 4. The molecule has 0 atom stereocenters. The summed E-state index contributed by atoms with van der Waals surface area (Å²) in [5, 5.41) is 7.03. The number of hydrogen-bond donors (Lipinski definition) is 1. The molecule has 0 bridgehead atoms. The van der Waals surface area contributed by atoms with Crippen LogP contribution in [0.3, 0.4) is 0 Å². The molecule has 0 saturated heterocycles. The lowest BCUT2D eigenvalue weighted by atomic mass is 10.2. The van der Waals surface area contributed by atoms with E-state index in [0.717, 1.165) is 0 Å². The van der Waals surface area contributed by atoms with Crippen LogP contribution < -0.4 is 5.32 Å². The smallest absolute Gasteiger partial charge is 0.191 e. The summed E-state index contributed by atoms with van der Waals surface area (Å²) in [5.74, 6) is -0.197. The van der Waals surface area contributed by atoms with E-state index in [9.17, 15) is 4.39 Å². The lowest BCUT2D eigenvalue weighted by Gasteiger charge is -2.10. The van der Waals surface area contributed by atoms with Crippen LogP contribution in [0.4, 0.5) is 4.39 Å². The largest absolute Gasteiger partial charge is 0.310 e. The lowest BCUT2D eigenvalue weighted by molar-refractivity contribution is 0.542. The Kier molecular flexibility index (Phi) is 3.43. The molecule has 5 nitrogen and oxygen atoms in total. The van der Waals surface area contributed by atoms with E-state index in [0.29, 0.717) is 18.2 Å². The van der Waals surface area contributed by atoms with E-state index in [1.807, 2.05) is 13.8 Å². The van der Waals surface area contributed by atoms with Gasteiger partial charge in [-0.2, -0.15) is 9.78 Å². The minimum absolute atomic E-state index is 0.172. The molecule has 0 aromatic carbocycles. The Labute approximate surface area is 98.7 Å². The summed E-state index contributed by atoms with van der Waals surface area (Å²) in [6, 6.07) is 1.96. The van der Waals surface area contributed by atoms with Crippen LogP contribution in [-0.4, -0.2) is 25.8 Å². The minimum atomic E-state index is -0.369. The van der Waals surface area contributed by atoms with E-state index in [1.54, 1.807) is 12.3 Å². The average Bonchev–Trinajstić information content (AvgIpc) is 2.81. The second kappa shape index (κ2) is 5.01. The van der Waals surface area contributed by atoms with Crippen LogP contribution in [0.15, 0.2) is 24.9 Å². The molecule has 2 aromatic heterocycles. The fourth-order valence-electron chi connectivity index (χ4n) is 1.40. The molecule has 2 rings (SSSR count). The van der Waals surface area contributed by atoms with Gasteiger partial charge in [-0.1, -0.05) is 13.8 Å². The molecule has 17 heavy (non-hydrogen) atoms. The molecule has 0 aliphatic rings. The molecular weight excluding hydrogens is 221 g/mol. The molecule has 0 fully saturated rings. The highest BCUT2D eigenvalue weighted by Crippen LogP contribution is 2.13. The third-order valence-corrected chi connectivity index (χ3v) is 2.29. The van der Waals surface area contributed by atoms with Crippen molar-refractivity contribution < 1.29 is 4.39 Å². The third kappa shape index (κ3) is 2.65. The van der Waals surface area contributed by atoms with E-state index >= 15 is 0 Å². The Balaban J connectivity index is 2.27. The number of nitrogens with zero attached hydrogens (tertiary/aromatic N) is 4. The first-order valence-electron chi connectivity index (χ1n) is 5.40. The molecule has 0 unspecified atom stereocenters. The van der Waals surface area contributed by atoms with Crippen molar-refractivity contribution in [2.75, 3.05) is 0 Å². The minimum Gasteiger partial charge on any atom is -0.310 e. The third-order valence-electron chi connectivity index (χ3n) is 2.29. The summed E-state index contributed by atoms with van der Waals surface area (Å²) in [6.07, 6.45) is 4.34. The van der Waals surface area contributed by atoms with Crippen molar-refractivity contribution in [1.82, 2.24) is 25.1 Å². The van der Waals surface area contributed by atoms with Crippen LogP contribution in [0.5, 0.6) is 0 Å². The zero-order valence-electron chi connectivity index (χ0n) is 9.76. The molecule has 0 aliphatic heterocycles. The van der Waals surface area contributed by atoms with Crippen molar-refractivity contribution >= 4 is 0 Å². The zero-order valence-corrected chi connectivity index (χ0v) is 9.76. The number of aromatic nitrogens is 4. The van der Waals surface area contributed by atoms with E-state index in [1.165, 1.54) is 17.3 Å². The predicted octanol–water partition coefficient (Wildman–Crippen LogP) is 1.30. The fraction of sp³-hybridized carbons (Fsp3) is 0.364. The summed E-state index contributed by atoms with van der Waals surface area (Å²) in [4.78, 5) is 7.74.